The number of rotatable bonds is 17. The lowest BCUT2D eigenvalue weighted by molar-refractivity contribution is -0.154. The van der Waals surface area contributed by atoms with E-state index in [4.69, 9.17) is 23.7 Å². The van der Waals surface area contributed by atoms with E-state index in [1.807, 2.05) is 27.7 Å². The number of ether oxygens (including phenoxy) is 5. The van der Waals surface area contributed by atoms with Crippen LogP contribution in [-0.2, 0) is 30.2 Å². The number of carboxylic acid groups (broad SMARTS) is 1. The lowest BCUT2D eigenvalue weighted by atomic mass is 9.98. The SMILES string of the molecule is CCCC(C)OC(=O)Oc1ccc(C[C@H](NCC(C)OC(=O)C(C)C(C)C)C(=O)O)cc1OC(=O)OC(C)CCC. The number of carbonyl (C=O) groups is 4. The molecule has 0 heterocycles. The summed E-state index contributed by atoms with van der Waals surface area (Å²) in [6.07, 6.45) is -0.359. The third-order valence-corrected chi connectivity index (χ3v) is 6.46. The van der Waals surface area contributed by atoms with Crippen LogP contribution in [-0.4, -0.2) is 60.3 Å². The first-order valence-electron chi connectivity index (χ1n) is 14.3. The summed E-state index contributed by atoms with van der Waals surface area (Å²) in [5.74, 6) is -1.83. The van der Waals surface area contributed by atoms with Gasteiger partial charge in [-0.3, -0.25) is 9.59 Å². The minimum Gasteiger partial charge on any atom is -0.480 e. The van der Waals surface area contributed by atoms with E-state index >= 15 is 0 Å². The van der Waals surface area contributed by atoms with E-state index in [1.165, 1.54) is 12.1 Å². The monoisotopic (exact) mass is 581 g/mol. The third kappa shape index (κ3) is 13.7. The molecule has 41 heavy (non-hydrogen) atoms. The highest BCUT2D eigenvalue weighted by Gasteiger charge is 2.24. The van der Waals surface area contributed by atoms with Gasteiger partial charge in [-0.25, -0.2) is 9.59 Å². The molecule has 0 saturated heterocycles. The second kappa shape index (κ2) is 18.2. The maximum atomic E-state index is 12.4. The molecule has 2 N–H and O–H groups in total. The van der Waals surface area contributed by atoms with Crippen LogP contribution in [0.5, 0.6) is 11.5 Å². The zero-order valence-electron chi connectivity index (χ0n) is 25.6. The fraction of sp³-hybridized carbons (Fsp3) is 0.667. The highest BCUT2D eigenvalue weighted by atomic mass is 16.7. The van der Waals surface area contributed by atoms with Crippen LogP contribution in [0.25, 0.3) is 0 Å². The number of hydrogen-bond acceptors (Lipinski definition) is 10. The Bertz CT molecular complexity index is 995. The summed E-state index contributed by atoms with van der Waals surface area (Å²) in [6, 6.07) is 3.32. The van der Waals surface area contributed by atoms with E-state index in [9.17, 15) is 24.3 Å². The Labute approximate surface area is 243 Å². The molecule has 0 spiro atoms. The minimum absolute atomic E-state index is 0.00565. The average molecular weight is 582 g/mol. The van der Waals surface area contributed by atoms with Gasteiger partial charge < -0.3 is 34.1 Å². The van der Waals surface area contributed by atoms with E-state index in [1.54, 1.807) is 33.8 Å². The molecule has 0 amide bonds. The number of aliphatic carboxylic acids is 1. The van der Waals surface area contributed by atoms with Crippen LogP contribution in [0.4, 0.5) is 9.59 Å². The normalized spacial score (nSPS) is 14.8. The Morgan fingerprint density at radius 3 is 1.80 bits per heavy atom. The Kier molecular flexibility index (Phi) is 15.8. The van der Waals surface area contributed by atoms with E-state index in [-0.39, 0.29) is 54.5 Å². The minimum atomic E-state index is -1.12. The van der Waals surface area contributed by atoms with Crippen molar-refractivity contribution in [3.05, 3.63) is 23.8 Å². The van der Waals surface area contributed by atoms with Crippen LogP contribution in [0.15, 0.2) is 18.2 Å². The van der Waals surface area contributed by atoms with Crippen molar-refractivity contribution in [1.29, 1.82) is 0 Å². The number of nitrogens with one attached hydrogen (secondary N) is 1. The Hall–Kier alpha value is -3.34. The van der Waals surface area contributed by atoms with Crippen LogP contribution in [0.2, 0.25) is 0 Å². The van der Waals surface area contributed by atoms with Crippen molar-refractivity contribution in [2.45, 2.75) is 112 Å². The molecule has 232 valence electrons. The van der Waals surface area contributed by atoms with Gasteiger partial charge in [-0.05, 0) is 63.6 Å². The second-order valence-electron chi connectivity index (χ2n) is 10.7. The van der Waals surface area contributed by atoms with Crippen LogP contribution < -0.4 is 14.8 Å². The van der Waals surface area contributed by atoms with Crippen molar-refractivity contribution in [2.75, 3.05) is 6.54 Å². The van der Waals surface area contributed by atoms with E-state index in [0.717, 1.165) is 12.8 Å². The Morgan fingerprint density at radius 2 is 1.32 bits per heavy atom. The summed E-state index contributed by atoms with van der Waals surface area (Å²) >= 11 is 0. The molecule has 0 radical (unpaired) electrons. The molecule has 0 aromatic heterocycles. The lowest BCUT2D eigenvalue weighted by Gasteiger charge is -2.21. The number of benzene rings is 1. The molecule has 11 nitrogen and oxygen atoms in total. The molecule has 0 bridgehead atoms. The lowest BCUT2D eigenvalue weighted by Crippen LogP contribution is -2.43. The third-order valence-electron chi connectivity index (χ3n) is 6.46. The number of carbonyl (C=O) groups excluding carboxylic acids is 3. The van der Waals surface area contributed by atoms with Gasteiger partial charge in [-0.15, -0.1) is 0 Å². The van der Waals surface area contributed by atoms with Crippen LogP contribution in [0.1, 0.15) is 86.6 Å². The van der Waals surface area contributed by atoms with Crippen molar-refractivity contribution in [3.8, 4) is 11.5 Å². The van der Waals surface area contributed by atoms with Gasteiger partial charge in [0.05, 0.1) is 5.92 Å². The molecule has 0 fully saturated rings. The topological polar surface area (TPSA) is 147 Å². The van der Waals surface area contributed by atoms with Crippen LogP contribution in [0.3, 0.4) is 0 Å². The summed E-state index contributed by atoms with van der Waals surface area (Å²) in [6.45, 7) is 14.8. The first-order valence-corrected chi connectivity index (χ1v) is 14.3. The van der Waals surface area contributed by atoms with Crippen molar-refractivity contribution in [3.63, 3.8) is 0 Å². The van der Waals surface area contributed by atoms with Crippen molar-refractivity contribution >= 4 is 24.2 Å². The van der Waals surface area contributed by atoms with E-state index < -0.39 is 30.4 Å². The molecule has 11 heteroatoms. The predicted molar refractivity (Wildman–Crippen MR) is 152 cm³/mol. The predicted octanol–water partition coefficient (Wildman–Crippen LogP) is 5.90. The molecule has 1 aromatic rings. The molecule has 0 aliphatic carbocycles. The highest BCUT2D eigenvalue weighted by molar-refractivity contribution is 5.74. The molecule has 4 unspecified atom stereocenters. The molecule has 1 rings (SSSR count). The first kappa shape index (κ1) is 35.7. The molecule has 1 aromatic carbocycles. The van der Waals surface area contributed by atoms with Gasteiger partial charge in [-0.1, -0.05) is 53.5 Å². The molecular formula is C30H47NO10. The van der Waals surface area contributed by atoms with E-state index in [0.29, 0.717) is 18.4 Å². The molecular weight excluding hydrogens is 534 g/mol. The largest absolute Gasteiger partial charge is 0.514 e. The van der Waals surface area contributed by atoms with Gasteiger partial charge in [0.1, 0.15) is 24.4 Å². The van der Waals surface area contributed by atoms with Gasteiger partial charge in [0, 0.05) is 6.54 Å². The highest BCUT2D eigenvalue weighted by Crippen LogP contribution is 2.30. The standard InChI is InChI=1S/C30H47NO10/c1-9-11-19(5)38-29(35)40-25-14-13-23(16-26(25)41-30(36)39-20(6)12-10-2)15-24(27(32)33)31-17-21(7)37-28(34)22(8)18(3)4/h13-14,16,18-22,24,31H,9-12,15,17H2,1-8H3,(H,32,33)/t19?,20?,21?,22?,24-/m0/s1. The van der Waals surface area contributed by atoms with E-state index in [2.05, 4.69) is 5.32 Å². The number of carboxylic acids is 1. The Balaban J connectivity index is 3.05. The van der Waals surface area contributed by atoms with Crippen molar-refractivity contribution < 1.29 is 48.0 Å². The van der Waals surface area contributed by atoms with Crippen LogP contribution >= 0.6 is 0 Å². The quantitative estimate of drug-likeness (QED) is 0.129. The van der Waals surface area contributed by atoms with Gasteiger partial charge >= 0.3 is 24.2 Å². The summed E-state index contributed by atoms with van der Waals surface area (Å²) in [4.78, 5) is 49.0. The van der Waals surface area contributed by atoms with Crippen molar-refractivity contribution in [1.82, 2.24) is 5.32 Å². The van der Waals surface area contributed by atoms with Gasteiger partial charge in [0.15, 0.2) is 11.5 Å². The fourth-order valence-electron chi connectivity index (χ4n) is 3.74. The number of esters is 1. The van der Waals surface area contributed by atoms with Gasteiger partial charge in [0.2, 0.25) is 0 Å². The zero-order valence-corrected chi connectivity index (χ0v) is 25.6. The maximum Gasteiger partial charge on any atom is 0.514 e. The summed E-state index contributed by atoms with van der Waals surface area (Å²) < 4.78 is 26.6. The Morgan fingerprint density at radius 1 is 0.780 bits per heavy atom. The smallest absolute Gasteiger partial charge is 0.480 e. The average Bonchev–Trinajstić information content (AvgIpc) is 2.87. The zero-order chi connectivity index (χ0) is 31.1. The molecule has 0 aliphatic heterocycles. The fourth-order valence-corrected chi connectivity index (χ4v) is 3.74. The molecule has 5 atom stereocenters. The van der Waals surface area contributed by atoms with Crippen LogP contribution in [0, 0.1) is 11.8 Å². The summed E-state index contributed by atoms with van der Waals surface area (Å²) in [5, 5.41) is 12.7. The maximum absolute atomic E-state index is 12.4. The first-order chi connectivity index (χ1) is 19.3. The molecule has 0 saturated carbocycles. The summed E-state index contributed by atoms with van der Waals surface area (Å²) in [5.41, 5.74) is 0.479. The number of hydrogen-bond donors (Lipinski definition) is 2. The second-order valence-corrected chi connectivity index (χ2v) is 10.7. The summed E-state index contributed by atoms with van der Waals surface area (Å²) in [7, 11) is 0. The van der Waals surface area contributed by atoms with Crippen molar-refractivity contribution in [2.24, 2.45) is 11.8 Å². The van der Waals surface area contributed by atoms with Gasteiger partial charge in [-0.2, -0.15) is 0 Å². The van der Waals surface area contributed by atoms with Gasteiger partial charge in [0.25, 0.3) is 0 Å². The molecule has 0 aliphatic rings.